The van der Waals surface area contributed by atoms with Gasteiger partial charge in [-0.05, 0) is 11.6 Å². The molecular weight excluding hydrogens is 252 g/mol. The van der Waals surface area contributed by atoms with Crippen molar-refractivity contribution in [2.45, 2.75) is 13.1 Å². The largest absolute Gasteiger partial charge is 0.396 e. The Bertz CT molecular complexity index is 553. The van der Waals surface area contributed by atoms with Crippen molar-refractivity contribution in [3.8, 4) is 0 Å². The number of rotatable bonds is 4. The van der Waals surface area contributed by atoms with Crippen LogP contribution >= 0.6 is 11.6 Å². The summed E-state index contributed by atoms with van der Waals surface area (Å²) in [6.45, 7) is 0.539. The van der Waals surface area contributed by atoms with E-state index in [1.807, 2.05) is 18.2 Å². The van der Waals surface area contributed by atoms with Crippen molar-refractivity contribution in [3.63, 3.8) is 0 Å². The molecule has 94 valence electrons. The molecule has 0 saturated heterocycles. The van der Waals surface area contributed by atoms with Crippen LogP contribution in [0.4, 0.5) is 5.69 Å². The van der Waals surface area contributed by atoms with Crippen LogP contribution in [0, 0.1) is 0 Å². The van der Waals surface area contributed by atoms with Gasteiger partial charge in [0.05, 0.1) is 11.9 Å². The lowest BCUT2D eigenvalue weighted by atomic mass is 10.2. The third-order valence-electron chi connectivity index (χ3n) is 2.39. The first kappa shape index (κ1) is 12.4. The molecule has 1 aromatic carbocycles. The lowest BCUT2D eigenvalue weighted by molar-refractivity contribution is -0.122. The Balaban J connectivity index is 1.87. The quantitative estimate of drug-likeness (QED) is 0.878. The number of amides is 1. The summed E-state index contributed by atoms with van der Waals surface area (Å²) >= 11 is 5.99. The number of aromatic nitrogens is 2. The fourth-order valence-corrected chi connectivity index (χ4v) is 1.71. The average Bonchev–Trinajstić information content (AvgIpc) is 2.74. The van der Waals surface area contributed by atoms with Gasteiger partial charge in [-0.3, -0.25) is 9.48 Å². The number of carbonyl (C=O) groups excluding carboxylic acids is 1. The molecule has 0 saturated carbocycles. The average molecular weight is 265 g/mol. The zero-order valence-electron chi connectivity index (χ0n) is 9.64. The molecule has 0 bridgehead atoms. The number of hydrogen-bond donors (Lipinski definition) is 2. The van der Waals surface area contributed by atoms with Gasteiger partial charge in [0, 0.05) is 17.8 Å². The van der Waals surface area contributed by atoms with Crippen LogP contribution in [0.15, 0.2) is 36.7 Å². The van der Waals surface area contributed by atoms with E-state index in [0.29, 0.717) is 17.3 Å². The topological polar surface area (TPSA) is 72.9 Å². The Morgan fingerprint density at radius 3 is 2.89 bits per heavy atom. The van der Waals surface area contributed by atoms with Crippen LogP contribution in [0.3, 0.4) is 0 Å². The number of nitrogens with zero attached hydrogens (tertiary/aromatic N) is 2. The molecule has 2 aromatic rings. The molecule has 1 aromatic heterocycles. The minimum absolute atomic E-state index is 0.141. The Morgan fingerprint density at radius 1 is 1.44 bits per heavy atom. The van der Waals surface area contributed by atoms with Gasteiger partial charge in [0.1, 0.15) is 6.54 Å². The normalized spacial score (nSPS) is 10.3. The maximum Gasteiger partial charge on any atom is 0.241 e. The molecule has 5 nitrogen and oxygen atoms in total. The summed E-state index contributed by atoms with van der Waals surface area (Å²) in [7, 11) is 0. The molecule has 0 aliphatic heterocycles. The first-order valence-corrected chi connectivity index (χ1v) is 5.81. The van der Waals surface area contributed by atoms with Crippen molar-refractivity contribution in [1.82, 2.24) is 15.1 Å². The van der Waals surface area contributed by atoms with Crippen LogP contribution < -0.4 is 11.1 Å². The fourth-order valence-electron chi connectivity index (χ4n) is 1.50. The molecule has 3 N–H and O–H groups in total. The van der Waals surface area contributed by atoms with Crippen LogP contribution in [-0.2, 0) is 17.9 Å². The summed E-state index contributed by atoms with van der Waals surface area (Å²) in [5.41, 5.74) is 6.92. The van der Waals surface area contributed by atoms with Crippen molar-refractivity contribution in [3.05, 3.63) is 47.2 Å². The minimum Gasteiger partial charge on any atom is -0.396 e. The van der Waals surface area contributed by atoms with Crippen LogP contribution in [0.5, 0.6) is 0 Å². The van der Waals surface area contributed by atoms with Crippen molar-refractivity contribution in [2.75, 3.05) is 5.73 Å². The number of anilines is 1. The Hall–Kier alpha value is -2.01. The minimum atomic E-state index is -0.141. The molecule has 0 unspecified atom stereocenters. The highest BCUT2D eigenvalue weighted by Crippen LogP contribution is 2.14. The van der Waals surface area contributed by atoms with E-state index < -0.39 is 0 Å². The predicted octanol–water partition coefficient (Wildman–Crippen LogP) is 1.44. The highest BCUT2D eigenvalue weighted by Gasteiger charge is 2.05. The van der Waals surface area contributed by atoms with Crippen LogP contribution in [0.25, 0.3) is 0 Å². The Kier molecular flexibility index (Phi) is 3.84. The molecule has 18 heavy (non-hydrogen) atoms. The number of carbonyl (C=O) groups is 1. The lowest BCUT2D eigenvalue weighted by Gasteiger charge is -2.06. The summed E-state index contributed by atoms with van der Waals surface area (Å²) in [5, 5.41) is 7.35. The number of hydrogen-bond acceptors (Lipinski definition) is 3. The molecule has 1 amide bonds. The molecule has 0 aliphatic rings. The highest BCUT2D eigenvalue weighted by atomic mass is 35.5. The maximum absolute atomic E-state index is 11.7. The van der Waals surface area contributed by atoms with Crippen molar-refractivity contribution in [1.29, 1.82) is 0 Å². The van der Waals surface area contributed by atoms with Crippen LogP contribution in [0.2, 0.25) is 5.02 Å². The number of halogens is 1. The van der Waals surface area contributed by atoms with Gasteiger partial charge < -0.3 is 11.1 Å². The molecule has 0 fully saturated rings. The van der Waals surface area contributed by atoms with Crippen molar-refractivity contribution in [2.24, 2.45) is 0 Å². The molecule has 0 atom stereocenters. The van der Waals surface area contributed by atoms with E-state index in [9.17, 15) is 4.79 Å². The lowest BCUT2D eigenvalue weighted by Crippen LogP contribution is -2.27. The summed E-state index contributed by atoms with van der Waals surface area (Å²) in [6, 6.07) is 7.38. The number of benzene rings is 1. The van der Waals surface area contributed by atoms with E-state index in [-0.39, 0.29) is 12.5 Å². The predicted molar refractivity (Wildman–Crippen MR) is 69.9 cm³/mol. The maximum atomic E-state index is 11.7. The fraction of sp³-hybridized carbons (Fsp3) is 0.167. The molecular formula is C12H13ClN4O. The molecule has 6 heteroatoms. The van der Waals surface area contributed by atoms with Crippen molar-refractivity contribution >= 4 is 23.2 Å². The third-order valence-corrected chi connectivity index (χ3v) is 2.76. The molecule has 1 heterocycles. The SMILES string of the molecule is Nc1cnn(CC(=O)NCc2ccccc2Cl)c1. The first-order chi connectivity index (χ1) is 8.65. The van der Waals surface area contributed by atoms with E-state index in [1.165, 1.54) is 10.9 Å². The Labute approximate surface area is 110 Å². The van der Waals surface area contributed by atoms with Gasteiger partial charge in [0.2, 0.25) is 5.91 Å². The number of nitrogens with two attached hydrogens (primary N) is 1. The molecule has 0 radical (unpaired) electrons. The van der Waals surface area contributed by atoms with Gasteiger partial charge in [0.15, 0.2) is 0 Å². The van der Waals surface area contributed by atoms with Crippen LogP contribution in [0.1, 0.15) is 5.56 Å². The second-order valence-electron chi connectivity index (χ2n) is 3.84. The van der Waals surface area contributed by atoms with Gasteiger partial charge in [0.25, 0.3) is 0 Å². The summed E-state index contributed by atoms with van der Waals surface area (Å²) in [6.07, 6.45) is 3.11. The molecule has 2 rings (SSSR count). The number of nitrogens with one attached hydrogen (secondary N) is 1. The van der Waals surface area contributed by atoms with E-state index in [0.717, 1.165) is 5.56 Å². The standard InChI is InChI=1S/C12H13ClN4O/c13-11-4-2-1-3-9(11)5-15-12(18)8-17-7-10(14)6-16-17/h1-4,6-7H,5,8,14H2,(H,15,18). The highest BCUT2D eigenvalue weighted by molar-refractivity contribution is 6.31. The van der Waals surface area contributed by atoms with E-state index in [4.69, 9.17) is 17.3 Å². The first-order valence-electron chi connectivity index (χ1n) is 5.43. The van der Waals surface area contributed by atoms with Gasteiger partial charge in [-0.25, -0.2) is 0 Å². The number of nitrogen functional groups attached to an aromatic ring is 1. The Morgan fingerprint density at radius 2 is 2.22 bits per heavy atom. The molecule has 0 aliphatic carbocycles. The third kappa shape index (κ3) is 3.24. The van der Waals surface area contributed by atoms with Gasteiger partial charge >= 0.3 is 0 Å². The zero-order chi connectivity index (χ0) is 13.0. The summed E-state index contributed by atoms with van der Waals surface area (Å²) < 4.78 is 1.48. The second kappa shape index (κ2) is 5.55. The second-order valence-corrected chi connectivity index (χ2v) is 4.25. The smallest absolute Gasteiger partial charge is 0.241 e. The van der Waals surface area contributed by atoms with Crippen LogP contribution in [-0.4, -0.2) is 15.7 Å². The molecule has 0 spiro atoms. The van der Waals surface area contributed by atoms with E-state index >= 15 is 0 Å². The van der Waals surface area contributed by atoms with Gasteiger partial charge in [-0.1, -0.05) is 29.8 Å². The summed E-state index contributed by atoms with van der Waals surface area (Å²) in [5.74, 6) is -0.141. The van der Waals surface area contributed by atoms with E-state index in [1.54, 1.807) is 12.3 Å². The monoisotopic (exact) mass is 264 g/mol. The zero-order valence-corrected chi connectivity index (χ0v) is 10.4. The van der Waals surface area contributed by atoms with Gasteiger partial charge in [-0.15, -0.1) is 0 Å². The van der Waals surface area contributed by atoms with Gasteiger partial charge in [-0.2, -0.15) is 5.10 Å². The van der Waals surface area contributed by atoms with E-state index in [2.05, 4.69) is 10.4 Å². The van der Waals surface area contributed by atoms with Crippen molar-refractivity contribution < 1.29 is 4.79 Å². The summed E-state index contributed by atoms with van der Waals surface area (Å²) in [4.78, 5) is 11.7.